The zero-order chi connectivity index (χ0) is 24.8. The van der Waals surface area contributed by atoms with Gasteiger partial charge in [0.15, 0.2) is 5.16 Å². The Labute approximate surface area is 198 Å². The Kier molecular flexibility index (Phi) is 8.00. The van der Waals surface area contributed by atoms with Gasteiger partial charge < -0.3 is 4.74 Å². The fraction of sp³-hybridized carbons (Fsp3) is 0.261. The molecule has 1 aromatic heterocycles. The van der Waals surface area contributed by atoms with E-state index in [0.29, 0.717) is 17.4 Å². The van der Waals surface area contributed by atoms with Crippen LogP contribution >= 0.6 is 11.8 Å². The highest BCUT2D eigenvalue weighted by Crippen LogP contribution is 2.20. The molecule has 0 saturated carbocycles. The summed E-state index contributed by atoms with van der Waals surface area (Å²) in [6.07, 6.45) is 0. The molecular formula is C23H23FN4O5S. The lowest BCUT2D eigenvalue weighted by atomic mass is 10.1. The van der Waals surface area contributed by atoms with Gasteiger partial charge in [-0.2, -0.15) is 0 Å². The third-order valence-corrected chi connectivity index (χ3v) is 5.63. The highest BCUT2D eigenvalue weighted by molar-refractivity contribution is 7.99. The van der Waals surface area contributed by atoms with E-state index in [0.717, 1.165) is 17.8 Å². The van der Waals surface area contributed by atoms with Gasteiger partial charge in [-0.1, -0.05) is 37.7 Å². The molecule has 0 aliphatic rings. The molecule has 2 amide bonds. The van der Waals surface area contributed by atoms with Crippen molar-refractivity contribution >= 4 is 40.4 Å². The predicted molar refractivity (Wildman–Crippen MR) is 125 cm³/mol. The Morgan fingerprint density at radius 1 is 1.15 bits per heavy atom. The highest BCUT2D eigenvalue weighted by atomic mass is 32.2. The molecule has 2 N–H and O–H groups in total. The Hall–Kier alpha value is -3.73. The summed E-state index contributed by atoms with van der Waals surface area (Å²) in [5, 5.41) is 0.614. The van der Waals surface area contributed by atoms with Crippen molar-refractivity contribution in [3.05, 3.63) is 69.8 Å². The molecule has 0 aliphatic heterocycles. The molecule has 0 unspecified atom stereocenters. The first-order chi connectivity index (χ1) is 16.2. The van der Waals surface area contributed by atoms with Crippen LogP contribution in [0.3, 0.4) is 0 Å². The number of hydrogen-bond donors (Lipinski definition) is 2. The molecule has 1 heterocycles. The molecular weight excluding hydrogens is 463 g/mol. The number of fused-ring (bicyclic) bond motifs is 1. The van der Waals surface area contributed by atoms with Crippen LogP contribution in [0.5, 0.6) is 0 Å². The minimum Gasteiger partial charge on any atom is -0.465 e. The third kappa shape index (κ3) is 5.79. The Morgan fingerprint density at radius 3 is 2.56 bits per heavy atom. The number of carbonyl (C=O) groups excluding carboxylic acids is 3. The number of ether oxygens (including phenoxy) is 1. The van der Waals surface area contributed by atoms with Crippen molar-refractivity contribution < 1.29 is 23.5 Å². The molecule has 0 radical (unpaired) electrons. The van der Waals surface area contributed by atoms with E-state index in [-0.39, 0.29) is 33.5 Å². The second kappa shape index (κ2) is 10.9. The molecule has 2 aromatic carbocycles. The van der Waals surface area contributed by atoms with Gasteiger partial charge in [-0.25, -0.2) is 14.2 Å². The average molecular weight is 487 g/mol. The van der Waals surface area contributed by atoms with E-state index in [1.165, 1.54) is 48.1 Å². The van der Waals surface area contributed by atoms with Gasteiger partial charge in [-0.05, 0) is 36.2 Å². The van der Waals surface area contributed by atoms with Gasteiger partial charge in [0.2, 0.25) is 5.91 Å². The summed E-state index contributed by atoms with van der Waals surface area (Å²) >= 11 is 0.995. The number of rotatable bonds is 7. The van der Waals surface area contributed by atoms with Gasteiger partial charge >= 0.3 is 5.97 Å². The van der Waals surface area contributed by atoms with Crippen molar-refractivity contribution in [2.45, 2.75) is 25.5 Å². The number of amides is 2. The second-order valence-electron chi connectivity index (χ2n) is 7.70. The predicted octanol–water partition coefficient (Wildman–Crippen LogP) is 2.53. The third-order valence-electron chi connectivity index (χ3n) is 4.66. The number of carbonyl (C=O) groups is 3. The minimum atomic E-state index is -0.799. The van der Waals surface area contributed by atoms with E-state index >= 15 is 0 Å². The first kappa shape index (κ1) is 24.9. The van der Waals surface area contributed by atoms with Crippen molar-refractivity contribution in [2.75, 3.05) is 12.9 Å². The number of nitrogens with one attached hydrogen (secondary N) is 2. The molecule has 0 saturated heterocycles. The maximum atomic E-state index is 13.7. The molecule has 178 valence electrons. The molecule has 0 atom stereocenters. The summed E-state index contributed by atoms with van der Waals surface area (Å²) in [4.78, 5) is 53.8. The Bertz CT molecular complexity index is 1310. The summed E-state index contributed by atoms with van der Waals surface area (Å²) in [6, 6.07) is 9.85. The molecule has 3 rings (SSSR count). The number of nitrogens with zero attached hydrogens (tertiary/aromatic N) is 2. The molecule has 3 aromatic rings. The van der Waals surface area contributed by atoms with Crippen molar-refractivity contribution in [1.29, 1.82) is 0 Å². The number of benzene rings is 2. The Balaban J connectivity index is 1.79. The van der Waals surface area contributed by atoms with Gasteiger partial charge in [-0.3, -0.25) is 29.8 Å². The molecule has 0 fully saturated rings. The number of hydrogen-bond acceptors (Lipinski definition) is 7. The van der Waals surface area contributed by atoms with Crippen LogP contribution in [0.1, 0.15) is 34.6 Å². The van der Waals surface area contributed by atoms with E-state index in [1.807, 2.05) is 13.8 Å². The lowest BCUT2D eigenvalue weighted by molar-refractivity contribution is -0.119. The standard InChI is InChI=1S/C23H23FN4O5S/c1-13(2)11-28-21(31)16-9-8-14(22(32)33-3)10-18(16)25-23(28)34-12-19(29)26-27-20(30)15-6-4-5-7-17(15)24/h4-10,13H,11-12H2,1-3H3,(H,26,29)(H,27,30). The first-order valence-electron chi connectivity index (χ1n) is 10.3. The maximum absolute atomic E-state index is 13.7. The summed E-state index contributed by atoms with van der Waals surface area (Å²) in [5.41, 5.74) is 4.41. The van der Waals surface area contributed by atoms with Crippen LogP contribution in [0, 0.1) is 11.7 Å². The number of halogens is 1. The molecule has 34 heavy (non-hydrogen) atoms. The number of hydrazine groups is 1. The van der Waals surface area contributed by atoms with Gasteiger partial charge in [-0.15, -0.1) is 0 Å². The van der Waals surface area contributed by atoms with E-state index in [4.69, 9.17) is 4.74 Å². The van der Waals surface area contributed by atoms with E-state index < -0.39 is 23.6 Å². The first-order valence-corrected chi connectivity index (χ1v) is 11.3. The summed E-state index contributed by atoms with van der Waals surface area (Å²) in [5.74, 6) is -2.71. The topological polar surface area (TPSA) is 119 Å². The van der Waals surface area contributed by atoms with Crippen LogP contribution in [0.2, 0.25) is 0 Å². The summed E-state index contributed by atoms with van der Waals surface area (Å²) in [7, 11) is 1.26. The zero-order valence-corrected chi connectivity index (χ0v) is 19.6. The number of esters is 1. The van der Waals surface area contributed by atoms with E-state index in [9.17, 15) is 23.6 Å². The molecule has 11 heteroatoms. The lowest BCUT2D eigenvalue weighted by Crippen LogP contribution is -2.42. The Morgan fingerprint density at radius 2 is 1.88 bits per heavy atom. The van der Waals surface area contributed by atoms with E-state index in [2.05, 4.69) is 15.8 Å². The van der Waals surface area contributed by atoms with Crippen LogP contribution in [0.4, 0.5) is 4.39 Å². The van der Waals surface area contributed by atoms with E-state index in [1.54, 1.807) is 0 Å². The summed E-state index contributed by atoms with van der Waals surface area (Å²) < 4.78 is 19.9. The quantitative estimate of drug-likeness (QED) is 0.228. The molecule has 9 nitrogen and oxygen atoms in total. The van der Waals surface area contributed by atoms with Gasteiger partial charge in [0.25, 0.3) is 11.5 Å². The van der Waals surface area contributed by atoms with Crippen LogP contribution in [0.15, 0.2) is 52.4 Å². The smallest absolute Gasteiger partial charge is 0.337 e. The van der Waals surface area contributed by atoms with Crippen LogP contribution < -0.4 is 16.4 Å². The maximum Gasteiger partial charge on any atom is 0.337 e. The molecule has 0 bridgehead atoms. The monoisotopic (exact) mass is 486 g/mol. The van der Waals surface area contributed by atoms with Crippen LogP contribution in [-0.4, -0.2) is 40.2 Å². The van der Waals surface area contributed by atoms with Gasteiger partial charge in [0.05, 0.1) is 34.9 Å². The van der Waals surface area contributed by atoms with Gasteiger partial charge in [0, 0.05) is 6.54 Å². The second-order valence-corrected chi connectivity index (χ2v) is 8.64. The fourth-order valence-corrected chi connectivity index (χ4v) is 3.90. The lowest BCUT2D eigenvalue weighted by Gasteiger charge is -2.15. The highest BCUT2D eigenvalue weighted by Gasteiger charge is 2.17. The number of methoxy groups -OCH3 is 1. The summed E-state index contributed by atoms with van der Waals surface area (Å²) in [6.45, 7) is 4.25. The van der Waals surface area contributed by atoms with Gasteiger partial charge in [0.1, 0.15) is 5.82 Å². The minimum absolute atomic E-state index is 0.125. The largest absolute Gasteiger partial charge is 0.465 e. The van der Waals surface area contributed by atoms with Crippen molar-refractivity contribution in [2.24, 2.45) is 5.92 Å². The van der Waals surface area contributed by atoms with Crippen LogP contribution in [-0.2, 0) is 16.1 Å². The van der Waals surface area contributed by atoms with Crippen molar-refractivity contribution in [3.63, 3.8) is 0 Å². The van der Waals surface area contributed by atoms with Crippen molar-refractivity contribution in [3.8, 4) is 0 Å². The normalized spacial score (nSPS) is 10.9. The van der Waals surface area contributed by atoms with Crippen molar-refractivity contribution in [1.82, 2.24) is 20.4 Å². The fourth-order valence-electron chi connectivity index (χ4n) is 3.09. The SMILES string of the molecule is COC(=O)c1ccc2c(=O)n(CC(C)C)c(SCC(=O)NNC(=O)c3ccccc3F)nc2c1. The molecule has 0 aliphatic carbocycles. The number of thioether (sulfide) groups is 1. The number of aromatic nitrogens is 2. The molecule has 0 spiro atoms. The zero-order valence-electron chi connectivity index (χ0n) is 18.8. The van der Waals surface area contributed by atoms with Crippen LogP contribution in [0.25, 0.3) is 10.9 Å². The average Bonchev–Trinajstić information content (AvgIpc) is 2.82.